The minimum Gasteiger partial charge on any atom is -0.406 e. The van der Waals surface area contributed by atoms with Crippen molar-refractivity contribution in [3.63, 3.8) is 0 Å². The first kappa shape index (κ1) is 30.8. The quantitative estimate of drug-likeness (QED) is 0.218. The van der Waals surface area contributed by atoms with Crippen LogP contribution in [0.1, 0.15) is 66.7 Å². The molecule has 12 heteroatoms. The van der Waals surface area contributed by atoms with Crippen molar-refractivity contribution in [2.45, 2.75) is 64.7 Å². The number of alkyl halides is 6. The Labute approximate surface area is 216 Å². The van der Waals surface area contributed by atoms with E-state index in [9.17, 15) is 35.9 Å². The molecule has 2 aromatic rings. The number of ether oxygens (including phenoxy) is 2. The van der Waals surface area contributed by atoms with Crippen molar-refractivity contribution >= 4 is 11.8 Å². The molecule has 0 aliphatic heterocycles. The van der Waals surface area contributed by atoms with E-state index in [1.807, 2.05) is 6.92 Å². The van der Waals surface area contributed by atoms with Crippen molar-refractivity contribution < 1.29 is 45.4 Å². The van der Waals surface area contributed by atoms with E-state index in [4.69, 9.17) is 0 Å². The van der Waals surface area contributed by atoms with Crippen LogP contribution in [0.3, 0.4) is 0 Å². The highest BCUT2D eigenvalue weighted by atomic mass is 19.4. The van der Waals surface area contributed by atoms with Gasteiger partial charge in [-0.15, -0.1) is 26.3 Å². The second-order valence-corrected chi connectivity index (χ2v) is 8.95. The first-order chi connectivity index (χ1) is 17.7. The van der Waals surface area contributed by atoms with Gasteiger partial charge in [-0.2, -0.15) is 0 Å². The lowest BCUT2D eigenvalue weighted by Gasteiger charge is -2.16. The largest absolute Gasteiger partial charge is 0.573 e. The van der Waals surface area contributed by atoms with Crippen molar-refractivity contribution in [3.05, 3.63) is 59.7 Å². The lowest BCUT2D eigenvalue weighted by Crippen LogP contribution is -2.32. The first-order valence-electron chi connectivity index (χ1n) is 12.0. The number of carbonyl (C=O) groups excluding carboxylic acids is 2. The molecule has 2 N–H and O–H groups in total. The molecule has 0 heterocycles. The van der Waals surface area contributed by atoms with Gasteiger partial charge in [0.15, 0.2) is 0 Å². The van der Waals surface area contributed by atoms with Crippen LogP contribution in [0, 0.1) is 5.92 Å². The number of hydrogen-bond donors (Lipinski definition) is 2. The highest BCUT2D eigenvalue weighted by Crippen LogP contribution is 2.24. The second-order valence-electron chi connectivity index (χ2n) is 8.95. The summed E-state index contributed by atoms with van der Waals surface area (Å²) in [4.78, 5) is 24.4. The average Bonchev–Trinajstić information content (AvgIpc) is 2.80. The summed E-state index contributed by atoms with van der Waals surface area (Å²) in [6.07, 6.45) is -5.54. The molecule has 0 aliphatic rings. The van der Waals surface area contributed by atoms with Gasteiger partial charge < -0.3 is 20.1 Å². The Morgan fingerprint density at radius 3 is 1.63 bits per heavy atom. The topological polar surface area (TPSA) is 76.7 Å². The summed E-state index contributed by atoms with van der Waals surface area (Å²) in [5.41, 5.74) is 0.460. The van der Waals surface area contributed by atoms with Gasteiger partial charge in [0.05, 0.1) is 0 Å². The highest BCUT2D eigenvalue weighted by Gasteiger charge is 2.31. The molecular weight excluding hydrogens is 518 g/mol. The Bertz CT molecular complexity index is 1020. The maximum Gasteiger partial charge on any atom is 0.573 e. The van der Waals surface area contributed by atoms with Crippen LogP contribution in [0.15, 0.2) is 48.5 Å². The SMILES string of the molecule is CC(CCCNC(=O)c1ccc(OC(F)(F)F)cc1)CCCC(C)NC(=O)c1ccc(OC(F)(F)F)cc1. The standard InChI is InChI=1S/C26H30F6N2O4/c1-17(6-4-16-33-23(35)19-8-12-21(13-9-19)37-25(27,28)29)5-3-7-18(2)34-24(36)20-10-14-22(15-11-20)38-26(30,31)32/h8-15,17-18H,3-7,16H2,1-2H3,(H,33,35)(H,34,36). The average molecular weight is 549 g/mol. The summed E-state index contributed by atoms with van der Waals surface area (Å²) in [6.45, 7) is 4.35. The minimum atomic E-state index is -4.79. The van der Waals surface area contributed by atoms with Crippen LogP contribution in [0.5, 0.6) is 11.5 Å². The monoisotopic (exact) mass is 548 g/mol. The molecule has 0 bridgehead atoms. The Morgan fingerprint density at radius 2 is 1.16 bits per heavy atom. The highest BCUT2D eigenvalue weighted by molar-refractivity contribution is 5.94. The van der Waals surface area contributed by atoms with E-state index < -0.39 is 24.2 Å². The van der Waals surface area contributed by atoms with E-state index in [0.29, 0.717) is 12.5 Å². The molecule has 2 amide bonds. The van der Waals surface area contributed by atoms with Crippen molar-refractivity contribution in [2.24, 2.45) is 5.92 Å². The van der Waals surface area contributed by atoms with Crippen LogP contribution in [-0.2, 0) is 0 Å². The first-order valence-corrected chi connectivity index (χ1v) is 12.0. The minimum absolute atomic E-state index is 0.131. The molecule has 210 valence electrons. The van der Waals surface area contributed by atoms with E-state index in [2.05, 4.69) is 27.0 Å². The van der Waals surface area contributed by atoms with E-state index in [-0.39, 0.29) is 29.0 Å². The van der Waals surface area contributed by atoms with Crippen LogP contribution < -0.4 is 20.1 Å². The van der Waals surface area contributed by atoms with Crippen LogP contribution >= 0.6 is 0 Å². The summed E-state index contributed by atoms with van der Waals surface area (Å²) >= 11 is 0. The normalized spacial score (nSPS) is 13.4. The maximum atomic E-state index is 12.3. The Kier molecular flexibility index (Phi) is 11.3. The van der Waals surface area contributed by atoms with Gasteiger partial charge in [0, 0.05) is 23.7 Å². The summed E-state index contributed by atoms with van der Waals surface area (Å²) in [6, 6.07) is 9.25. The number of benzene rings is 2. The molecule has 0 radical (unpaired) electrons. The summed E-state index contributed by atoms with van der Waals surface area (Å²) in [7, 11) is 0. The smallest absolute Gasteiger partial charge is 0.406 e. The fourth-order valence-electron chi connectivity index (χ4n) is 3.67. The van der Waals surface area contributed by atoms with Gasteiger partial charge in [-0.3, -0.25) is 9.59 Å². The van der Waals surface area contributed by atoms with Gasteiger partial charge in [-0.05, 0) is 80.6 Å². The Hall–Kier alpha value is -3.44. The maximum absolute atomic E-state index is 12.3. The predicted molar refractivity (Wildman–Crippen MR) is 128 cm³/mol. The number of hydrogen-bond acceptors (Lipinski definition) is 4. The second kappa shape index (κ2) is 13.9. The lowest BCUT2D eigenvalue weighted by atomic mass is 9.97. The zero-order chi connectivity index (χ0) is 28.3. The third-order valence-corrected chi connectivity index (χ3v) is 5.57. The third-order valence-electron chi connectivity index (χ3n) is 5.57. The molecule has 0 fully saturated rings. The molecule has 2 aromatic carbocycles. The molecule has 0 saturated heterocycles. The number of nitrogens with one attached hydrogen (secondary N) is 2. The molecule has 0 saturated carbocycles. The van der Waals surface area contributed by atoms with Crippen molar-refractivity contribution in [1.29, 1.82) is 0 Å². The third kappa shape index (κ3) is 12.2. The van der Waals surface area contributed by atoms with E-state index >= 15 is 0 Å². The van der Waals surface area contributed by atoms with Crippen LogP contribution in [0.4, 0.5) is 26.3 Å². The van der Waals surface area contributed by atoms with Gasteiger partial charge in [0.2, 0.25) is 0 Å². The Balaban J connectivity index is 1.61. The zero-order valence-electron chi connectivity index (χ0n) is 20.9. The van der Waals surface area contributed by atoms with Crippen molar-refractivity contribution in [2.75, 3.05) is 6.54 Å². The van der Waals surface area contributed by atoms with Crippen LogP contribution in [0.25, 0.3) is 0 Å². The molecule has 0 aromatic heterocycles. The zero-order valence-corrected chi connectivity index (χ0v) is 20.9. The molecule has 0 aliphatic carbocycles. The fraction of sp³-hybridized carbons (Fsp3) is 0.462. The van der Waals surface area contributed by atoms with Gasteiger partial charge >= 0.3 is 12.7 Å². The number of carbonyl (C=O) groups is 2. The molecule has 0 spiro atoms. The fourth-order valence-corrected chi connectivity index (χ4v) is 3.67. The molecule has 2 unspecified atom stereocenters. The Morgan fingerprint density at radius 1 is 0.711 bits per heavy atom. The van der Waals surface area contributed by atoms with Crippen molar-refractivity contribution in [3.8, 4) is 11.5 Å². The summed E-state index contributed by atoms with van der Waals surface area (Å²) < 4.78 is 80.9. The number of rotatable bonds is 13. The summed E-state index contributed by atoms with van der Waals surface area (Å²) in [5.74, 6) is -1.20. The molecular formula is C26H30F6N2O4. The van der Waals surface area contributed by atoms with E-state index in [0.717, 1.165) is 56.4 Å². The molecule has 2 atom stereocenters. The van der Waals surface area contributed by atoms with E-state index in [1.54, 1.807) is 0 Å². The predicted octanol–water partition coefficient (Wildman–Crippen LogP) is 6.62. The molecule has 2 rings (SSSR count). The van der Waals surface area contributed by atoms with Gasteiger partial charge in [-0.1, -0.05) is 19.8 Å². The van der Waals surface area contributed by atoms with Gasteiger partial charge in [0.1, 0.15) is 11.5 Å². The van der Waals surface area contributed by atoms with Gasteiger partial charge in [0.25, 0.3) is 11.8 Å². The van der Waals surface area contributed by atoms with Gasteiger partial charge in [-0.25, -0.2) is 0 Å². The van der Waals surface area contributed by atoms with Crippen LogP contribution in [-0.4, -0.2) is 37.1 Å². The molecule has 38 heavy (non-hydrogen) atoms. The van der Waals surface area contributed by atoms with E-state index in [1.165, 1.54) is 24.3 Å². The lowest BCUT2D eigenvalue weighted by molar-refractivity contribution is -0.275. The number of halogens is 6. The summed E-state index contributed by atoms with van der Waals surface area (Å²) in [5, 5.41) is 5.55. The number of amides is 2. The van der Waals surface area contributed by atoms with Crippen LogP contribution in [0.2, 0.25) is 0 Å². The molecule has 6 nitrogen and oxygen atoms in total. The van der Waals surface area contributed by atoms with Crippen molar-refractivity contribution in [1.82, 2.24) is 10.6 Å².